The summed E-state index contributed by atoms with van der Waals surface area (Å²) >= 11 is 1.40. The summed E-state index contributed by atoms with van der Waals surface area (Å²) in [6.45, 7) is 0. The second-order valence-corrected chi connectivity index (χ2v) is 5.30. The number of hydrogen-bond acceptors (Lipinski definition) is 4. The van der Waals surface area contributed by atoms with Crippen LogP contribution in [0.3, 0.4) is 0 Å². The minimum atomic E-state index is -0.181. The molecule has 4 nitrogen and oxygen atoms in total. The minimum absolute atomic E-state index is 0.181. The highest BCUT2D eigenvalue weighted by molar-refractivity contribution is 7.20. The molecule has 0 saturated heterocycles. The van der Waals surface area contributed by atoms with Crippen LogP contribution in [0.2, 0.25) is 0 Å². The van der Waals surface area contributed by atoms with Gasteiger partial charge in [-0.1, -0.05) is 18.2 Å². The molecule has 2 aromatic carbocycles. The van der Waals surface area contributed by atoms with Crippen molar-refractivity contribution in [1.29, 1.82) is 0 Å². The number of thiazole rings is 1. The fraction of sp³-hybridized carbons (Fsp3) is 0.0667. The van der Waals surface area contributed by atoms with E-state index in [1.54, 1.807) is 0 Å². The van der Waals surface area contributed by atoms with Crippen molar-refractivity contribution < 1.29 is 4.79 Å². The number of rotatable bonds is 3. The molecule has 0 fully saturated rings. The Labute approximate surface area is 120 Å². The fourth-order valence-corrected chi connectivity index (χ4v) is 2.77. The van der Waals surface area contributed by atoms with E-state index in [1.807, 2.05) is 55.6 Å². The van der Waals surface area contributed by atoms with E-state index in [1.165, 1.54) is 11.3 Å². The summed E-state index contributed by atoms with van der Waals surface area (Å²) in [7, 11) is 1.84. The molecule has 100 valence electrons. The first kappa shape index (κ1) is 12.6. The molecular weight excluding hydrogens is 270 g/mol. The number of aromatic nitrogens is 1. The Morgan fingerprint density at radius 2 is 1.90 bits per heavy atom. The van der Waals surface area contributed by atoms with Crippen molar-refractivity contribution in [1.82, 2.24) is 4.98 Å². The van der Waals surface area contributed by atoms with Crippen molar-refractivity contribution in [3.8, 4) is 0 Å². The van der Waals surface area contributed by atoms with Crippen LogP contribution in [0.1, 0.15) is 9.80 Å². The maximum absolute atomic E-state index is 12.2. The normalized spacial score (nSPS) is 10.4. The van der Waals surface area contributed by atoms with E-state index in [4.69, 9.17) is 0 Å². The van der Waals surface area contributed by atoms with E-state index in [9.17, 15) is 4.79 Å². The van der Waals surface area contributed by atoms with Crippen molar-refractivity contribution >= 4 is 38.8 Å². The lowest BCUT2D eigenvalue weighted by Crippen LogP contribution is -2.11. The second kappa shape index (κ2) is 5.30. The molecule has 3 aromatic rings. The molecule has 3 rings (SSSR count). The molecule has 1 aromatic heterocycles. The van der Waals surface area contributed by atoms with Gasteiger partial charge in [0, 0.05) is 18.4 Å². The molecule has 0 unspecified atom stereocenters. The summed E-state index contributed by atoms with van der Waals surface area (Å²) in [4.78, 5) is 16.5. The van der Waals surface area contributed by atoms with Gasteiger partial charge in [0.25, 0.3) is 5.91 Å². The Morgan fingerprint density at radius 3 is 2.70 bits per heavy atom. The van der Waals surface area contributed by atoms with Gasteiger partial charge in [0.1, 0.15) is 0 Å². The summed E-state index contributed by atoms with van der Waals surface area (Å²) in [6, 6.07) is 15.3. The smallest absolute Gasteiger partial charge is 0.284 e. The molecule has 0 radical (unpaired) electrons. The summed E-state index contributed by atoms with van der Waals surface area (Å²) in [5.74, 6) is -0.181. The summed E-state index contributed by atoms with van der Waals surface area (Å²) in [5.41, 5.74) is 2.56. The zero-order chi connectivity index (χ0) is 13.9. The molecule has 0 aliphatic carbocycles. The number of nitrogens with zero attached hydrogens (tertiary/aromatic N) is 1. The van der Waals surface area contributed by atoms with Gasteiger partial charge < -0.3 is 10.6 Å². The largest absolute Gasteiger partial charge is 0.388 e. The minimum Gasteiger partial charge on any atom is -0.388 e. The van der Waals surface area contributed by atoms with E-state index in [2.05, 4.69) is 15.6 Å². The van der Waals surface area contributed by atoms with Gasteiger partial charge in [-0.3, -0.25) is 4.79 Å². The van der Waals surface area contributed by atoms with Crippen LogP contribution in [0.25, 0.3) is 10.2 Å². The van der Waals surface area contributed by atoms with Gasteiger partial charge in [-0.05, 0) is 30.3 Å². The number of fused-ring (bicyclic) bond motifs is 1. The van der Waals surface area contributed by atoms with Crippen molar-refractivity contribution in [3.63, 3.8) is 0 Å². The first-order chi connectivity index (χ1) is 9.76. The Balaban J connectivity index is 1.85. The second-order valence-electron chi connectivity index (χ2n) is 4.27. The monoisotopic (exact) mass is 283 g/mol. The van der Waals surface area contributed by atoms with Crippen molar-refractivity contribution in [2.75, 3.05) is 17.7 Å². The van der Waals surface area contributed by atoms with Gasteiger partial charge in [-0.2, -0.15) is 0 Å². The number of carbonyl (C=O) groups excluding carboxylic acids is 1. The summed E-state index contributed by atoms with van der Waals surface area (Å²) < 4.78 is 1.02. The average molecular weight is 283 g/mol. The maximum Gasteiger partial charge on any atom is 0.284 e. The number of hydrogen-bond donors (Lipinski definition) is 2. The number of nitrogens with one attached hydrogen (secondary N) is 2. The zero-order valence-corrected chi connectivity index (χ0v) is 11.7. The lowest BCUT2D eigenvalue weighted by atomic mass is 10.3. The third kappa shape index (κ3) is 2.48. The molecule has 0 saturated carbocycles. The number of amides is 1. The molecule has 0 aliphatic rings. The molecule has 1 amide bonds. The van der Waals surface area contributed by atoms with Gasteiger partial charge in [-0.15, -0.1) is 11.3 Å². The highest BCUT2D eigenvalue weighted by atomic mass is 32.1. The summed E-state index contributed by atoms with van der Waals surface area (Å²) in [6.07, 6.45) is 0. The van der Waals surface area contributed by atoms with Crippen LogP contribution in [-0.4, -0.2) is 17.9 Å². The predicted molar refractivity (Wildman–Crippen MR) is 83.6 cm³/mol. The van der Waals surface area contributed by atoms with Crippen molar-refractivity contribution in [2.24, 2.45) is 0 Å². The Hall–Kier alpha value is -2.40. The van der Waals surface area contributed by atoms with Crippen LogP contribution in [0, 0.1) is 0 Å². The molecule has 0 aliphatic heterocycles. The number of benzene rings is 2. The number of carbonyl (C=O) groups is 1. The quantitative estimate of drug-likeness (QED) is 0.772. The van der Waals surface area contributed by atoms with Crippen LogP contribution in [0.4, 0.5) is 11.4 Å². The molecular formula is C15H13N3OS. The van der Waals surface area contributed by atoms with E-state index in [0.717, 1.165) is 21.6 Å². The van der Waals surface area contributed by atoms with E-state index in [-0.39, 0.29) is 5.91 Å². The van der Waals surface area contributed by atoms with Gasteiger partial charge in [0.2, 0.25) is 0 Å². The van der Waals surface area contributed by atoms with Crippen molar-refractivity contribution in [3.05, 3.63) is 53.5 Å². The van der Waals surface area contributed by atoms with Crippen LogP contribution in [0.5, 0.6) is 0 Å². The van der Waals surface area contributed by atoms with Crippen LogP contribution in [0.15, 0.2) is 48.5 Å². The molecule has 0 atom stereocenters. The molecule has 20 heavy (non-hydrogen) atoms. The van der Waals surface area contributed by atoms with E-state index < -0.39 is 0 Å². The van der Waals surface area contributed by atoms with Crippen LogP contribution < -0.4 is 10.6 Å². The predicted octanol–water partition coefficient (Wildman–Crippen LogP) is 3.59. The van der Waals surface area contributed by atoms with Gasteiger partial charge in [0.05, 0.1) is 10.2 Å². The SMILES string of the molecule is CNc1cccc(NC(=O)c2nc3ccccc3s2)c1. The van der Waals surface area contributed by atoms with Crippen LogP contribution in [-0.2, 0) is 0 Å². The van der Waals surface area contributed by atoms with Crippen molar-refractivity contribution in [2.45, 2.75) is 0 Å². The lowest BCUT2D eigenvalue weighted by Gasteiger charge is -2.05. The molecule has 0 bridgehead atoms. The summed E-state index contributed by atoms with van der Waals surface area (Å²) in [5, 5.41) is 6.37. The Morgan fingerprint density at radius 1 is 1.10 bits per heavy atom. The standard InChI is InChI=1S/C15H13N3OS/c1-16-10-5-4-6-11(9-10)17-14(19)15-18-12-7-2-3-8-13(12)20-15/h2-9,16H,1H3,(H,17,19). The highest BCUT2D eigenvalue weighted by Crippen LogP contribution is 2.23. The topological polar surface area (TPSA) is 54.0 Å². The molecule has 2 N–H and O–H groups in total. The average Bonchev–Trinajstić information content (AvgIpc) is 2.91. The maximum atomic E-state index is 12.2. The number of para-hydroxylation sites is 1. The van der Waals surface area contributed by atoms with E-state index in [0.29, 0.717) is 5.01 Å². The Bertz CT molecular complexity index is 733. The fourth-order valence-electron chi connectivity index (χ4n) is 1.91. The van der Waals surface area contributed by atoms with Gasteiger partial charge in [-0.25, -0.2) is 4.98 Å². The molecule has 5 heteroatoms. The molecule has 1 heterocycles. The van der Waals surface area contributed by atoms with E-state index >= 15 is 0 Å². The third-order valence-electron chi connectivity index (χ3n) is 2.90. The highest BCUT2D eigenvalue weighted by Gasteiger charge is 2.12. The zero-order valence-electron chi connectivity index (χ0n) is 10.9. The van der Waals surface area contributed by atoms with Crippen LogP contribution >= 0.6 is 11.3 Å². The third-order valence-corrected chi connectivity index (χ3v) is 3.93. The first-order valence-electron chi connectivity index (χ1n) is 6.21. The van der Waals surface area contributed by atoms with Gasteiger partial charge >= 0.3 is 0 Å². The molecule has 0 spiro atoms. The number of anilines is 2. The Kier molecular flexibility index (Phi) is 3.35. The first-order valence-corrected chi connectivity index (χ1v) is 7.02. The lowest BCUT2D eigenvalue weighted by molar-refractivity contribution is 0.102. The van der Waals surface area contributed by atoms with Gasteiger partial charge in [0.15, 0.2) is 5.01 Å².